The van der Waals surface area contributed by atoms with Crippen LogP contribution in [0.25, 0.3) is 0 Å². The highest BCUT2D eigenvalue weighted by Gasteiger charge is 2.21. The first-order valence-corrected chi connectivity index (χ1v) is 6.11. The van der Waals surface area contributed by atoms with Crippen molar-refractivity contribution in [3.05, 3.63) is 0 Å². The molecule has 3 N–H and O–H groups in total. The maximum Gasteiger partial charge on any atom is 0.220 e. The quantitative estimate of drug-likeness (QED) is 0.714. The van der Waals surface area contributed by atoms with Crippen LogP contribution in [0.1, 0.15) is 39.5 Å². The Morgan fingerprint density at radius 2 is 2.25 bits per heavy atom. The number of nitrogens with two attached hydrogens (primary N) is 1. The van der Waals surface area contributed by atoms with Gasteiger partial charge in [0.1, 0.15) is 0 Å². The smallest absolute Gasteiger partial charge is 0.220 e. The lowest BCUT2D eigenvalue weighted by molar-refractivity contribution is -0.122. The minimum atomic E-state index is 0.139. The Balaban J connectivity index is 2.18. The van der Waals surface area contributed by atoms with Crippen molar-refractivity contribution in [2.75, 3.05) is 19.8 Å². The summed E-state index contributed by atoms with van der Waals surface area (Å²) in [6.45, 7) is 6.43. The summed E-state index contributed by atoms with van der Waals surface area (Å²) in [7, 11) is 0. The summed E-state index contributed by atoms with van der Waals surface area (Å²) in [5.41, 5.74) is 5.70. The number of nitrogens with one attached hydrogen (secondary N) is 1. The fourth-order valence-electron chi connectivity index (χ4n) is 1.92. The van der Waals surface area contributed by atoms with Crippen LogP contribution in [0.5, 0.6) is 0 Å². The lowest BCUT2D eigenvalue weighted by atomic mass is 9.84. The van der Waals surface area contributed by atoms with Crippen molar-refractivity contribution < 1.29 is 9.53 Å². The van der Waals surface area contributed by atoms with Gasteiger partial charge in [0.15, 0.2) is 0 Å². The van der Waals surface area contributed by atoms with Gasteiger partial charge in [-0.2, -0.15) is 0 Å². The van der Waals surface area contributed by atoms with Gasteiger partial charge >= 0.3 is 0 Å². The van der Waals surface area contributed by atoms with Crippen LogP contribution >= 0.6 is 0 Å². The number of hydrogen-bond acceptors (Lipinski definition) is 3. The Hall–Kier alpha value is -0.610. The molecule has 1 rings (SSSR count). The highest BCUT2D eigenvalue weighted by Crippen LogP contribution is 2.25. The lowest BCUT2D eigenvalue weighted by Gasteiger charge is -2.23. The summed E-state index contributed by atoms with van der Waals surface area (Å²) in [4.78, 5) is 11.7. The Labute approximate surface area is 97.9 Å². The van der Waals surface area contributed by atoms with Gasteiger partial charge in [-0.25, -0.2) is 0 Å². The molecule has 1 saturated heterocycles. The van der Waals surface area contributed by atoms with Crippen LogP contribution in [0.3, 0.4) is 0 Å². The fourth-order valence-corrected chi connectivity index (χ4v) is 1.92. The summed E-state index contributed by atoms with van der Waals surface area (Å²) in [5, 5.41) is 3.00. The molecular weight excluding hydrogens is 204 g/mol. The van der Waals surface area contributed by atoms with Crippen LogP contribution < -0.4 is 11.1 Å². The SMILES string of the molecule is CC(C)(CCN)CCC(=O)NC1CCOC1. The standard InChI is InChI=1S/C12H24N2O2/c1-12(2,6-7-13)5-3-11(15)14-10-4-8-16-9-10/h10H,3-9,13H2,1-2H3,(H,14,15). The maximum atomic E-state index is 11.7. The molecule has 1 unspecified atom stereocenters. The van der Waals surface area contributed by atoms with Crippen LogP contribution in [-0.4, -0.2) is 31.7 Å². The van der Waals surface area contributed by atoms with Crippen LogP contribution in [0.4, 0.5) is 0 Å². The molecule has 16 heavy (non-hydrogen) atoms. The molecule has 0 bridgehead atoms. The zero-order valence-electron chi connectivity index (χ0n) is 10.4. The molecule has 1 aliphatic heterocycles. The zero-order valence-corrected chi connectivity index (χ0v) is 10.4. The Morgan fingerprint density at radius 3 is 2.81 bits per heavy atom. The third-order valence-electron chi connectivity index (χ3n) is 3.14. The van der Waals surface area contributed by atoms with Crippen LogP contribution in [0.2, 0.25) is 0 Å². The van der Waals surface area contributed by atoms with E-state index in [4.69, 9.17) is 10.5 Å². The number of rotatable bonds is 6. The second kappa shape index (κ2) is 6.21. The molecule has 0 saturated carbocycles. The predicted molar refractivity (Wildman–Crippen MR) is 64.1 cm³/mol. The summed E-state index contributed by atoms with van der Waals surface area (Å²) < 4.78 is 5.21. The molecule has 0 aromatic carbocycles. The average molecular weight is 228 g/mol. The summed E-state index contributed by atoms with van der Waals surface area (Å²) in [6.07, 6.45) is 3.39. The van der Waals surface area contributed by atoms with Crippen molar-refractivity contribution in [2.24, 2.45) is 11.1 Å². The van der Waals surface area contributed by atoms with Crippen molar-refractivity contribution in [3.8, 4) is 0 Å². The molecule has 94 valence electrons. The lowest BCUT2D eigenvalue weighted by Crippen LogP contribution is -2.35. The van der Waals surface area contributed by atoms with E-state index in [-0.39, 0.29) is 17.4 Å². The first-order valence-electron chi connectivity index (χ1n) is 6.11. The predicted octanol–water partition coefficient (Wildman–Crippen LogP) is 1.05. The Bertz CT molecular complexity index is 223. The third kappa shape index (κ3) is 4.94. The first-order chi connectivity index (χ1) is 7.53. The van der Waals surface area contributed by atoms with Gasteiger partial charge in [0, 0.05) is 13.0 Å². The summed E-state index contributed by atoms with van der Waals surface area (Å²) in [5.74, 6) is 0.139. The topological polar surface area (TPSA) is 64.4 Å². The van der Waals surface area contributed by atoms with Crippen molar-refractivity contribution in [1.82, 2.24) is 5.32 Å². The minimum Gasteiger partial charge on any atom is -0.379 e. The minimum absolute atomic E-state index is 0.139. The van der Waals surface area contributed by atoms with Crippen molar-refractivity contribution in [2.45, 2.75) is 45.6 Å². The van der Waals surface area contributed by atoms with E-state index in [1.165, 1.54) is 0 Å². The van der Waals surface area contributed by atoms with Gasteiger partial charge in [0.05, 0.1) is 12.6 Å². The number of ether oxygens (including phenoxy) is 1. The first kappa shape index (κ1) is 13.5. The number of amides is 1. The molecule has 1 aliphatic rings. The number of carbonyl (C=O) groups excluding carboxylic acids is 1. The molecule has 4 nitrogen and oxygen atoms in total. The van der Waals surface area contributed by atoms with E-state index in [2.05, 4.69) is 19.2 Å². The molecule has 0 radical (unpaired) electrons. The van der Waals surface area contributed by atoms with E-state index in [9.17, 15) is 4.79 Å². The van der Waals surface area contributed by atoms with Crippen molar-refractivity contribution >= 4 is 5.91 Å². The molecule has 0 spiro atoms. The normalized spacial score (nSPS) is 21.1. The number of hydrogen-bond donors (Lipinski definition) is 2. The molecule has 0 aromatic heterocycles. The highest BCUT2D eigenvalue weighted by atomic mass is 16.5. The van der Waals surface area contributed by atoms with E-state index < -0.39 is 0 Å². The summed E-state index contributed by atoms with van der Waals surface area (Å²) in [6, 6.07) is 0.227. The van der Waals surface area contributed by atoms with Gasteiger partial charge < -0.3 is 15.8 Å². The van der Waals surface area contributed by atoms with E-state index in [1.807, 2.05) is 0 Å². The molecular formula is C12H24N2O2. The molecule has 1 atom stereocenters. The third-order valence-corrected chi connectivity index (χ3v) is 3.14. The molecule has 1 heterocycles. The molecule has 1 fully saturated rings. The molecule has 4 heteroatoms. The fraction of sp³-hybridized carbons (Fsp3) is 0.917. The largest absolute Gasteiger partial charge is 0.379 e. The average Bonchev–Trinajstić information content (AvgIpc) is 2.68. The van der Waals surface area contributed by atoms with Gasteiger partial charge in [0.25, 0.3) is 0 Å². The van der Waals surface area contributed by atoms with E-state index in [0.717, 1.165) is 25.9 Å². The van der Waals surface area contributed by atoms with Gasteiger partial charge in [0.2, 0.25) is 5.91 Å². The van der Waals surface area contributed by atoms with E-state index in [0.29, 0.717) is 19.6 Å². The zero-order chi connectivity index (χ0) is 12.0. The van der Waals surface area contributed by atoms with Gasteiger partial charge in [-0.05, 0) is 31.2 Å². The van der Waals surface area contributed by atoms with Crippen molar-refractivity contribution in [1.29, 1.82) is 0 Å². The Kier molecular flexibility index (Phi) is 5.22. The van der Waals surface area contributed by atoms with E-state index in [1.54, 1.807) is 0 Å². The number of carbonyl (C=O) groups is 1. The summed E-state index contributed by atoms with van der Waals surface area (Å²) >= 11 is 0. The second-order valence-corrected chi connectivity index (χ2v) is 5.33. The van der Waals surface area contributed by atoms with Gasteiger partial charge in [-0.1, -0.05) is 13.8 Å². The van der Waals surface area contributed by atoms with Crippen molar-refractivity contribution in [3.63, 3.8) is 0 Å². The molecule has 0 aromatic rings. The van der Waals surface area contributed by atoms with E-state index >= 15 is 0 Å². The van der Waals surface area contributed by atoms with Crippen LogP contribution in [0.15, 0.2) is 0 Å². The van der Waals surface area contributed by atoms with Gasteiger partial charge in [-0.3, -0.25) is 4.79 Å². The molecule has 1 amide bonds. The Morgan fingerprint density at radius 1 is 1.50 bits per heavy atom. The van der Waals surface area contributed by atoms with Gasteiger partial charge in [-0.15, -0.1) is 0 Å². The molecule has 0 aliphatic carbocycles. The van der Waals surface area contributed by atoms with Crippen LogP contribution in [-0.2, 0) is 9.53 Å². The monoisotopic (exact) mass is 228 g/mol. The maximum absolute atomic E-state index is 11.7. The highest BCUT2D eigenvalue weighted by molar-refractivity contribution is 5.76. The second-order valence-electron chi connectivity index (χ2n) is 5.33. The van der Waals surface area contributed by atoms with Crippen LogP contribution in [0, 0.1) is 5.41 Å².